The van der Waals surface area contributed by atoms with Crippen molar-refractivity contribution in [3.05, 3.63) is 66.7 Å². The minimum atomic E-state index is -0.206. The number of aromatic nitrogens is 2. The Labute approximate surface area is 181 Å². The number of hydrogen-bond donors (Lipinski definition) is 1. The minimum absolute atomic E-state index is 0.00364. The summed E-state index contributed by atoms with van der Waals surface area (Å²) >= 11 is 0. The van der Waals surface area contributed by atoms with Gasteiger partial charge in [0.05, 0.1) is 29.7 Å². The summed E-state index contributed by atoms with van der Waals surface area (Å²) in [6.45, 7) is 4.00. The van der Waals surface area contributed by atoms with Crippen LogP contribution in [0, 0.1) is 0 Å². The zero-order valence-electron chi connectivity index (χ0n) is 17.6. The van der Waals surface area contributed by atoms with Gasteiger partial charge in [0, 0.05) is 37.2 Å². The van der Waals surface area contributed by atoms with Crippen LogP contribution in [0.25, 0.3) is 5.69 Å². The maximum atomic E-state index is 12.7. The fourth-order valence-corrected chi connectivity index (χ4v) is 4.57. The Balaban J connectivity index is 1.31. The van der Waals surface area contributed by atoms with Gasteiger partial charge in [0.25, 0.3) is 5.91 Å². The first kappa shape index (κ1) is 19.5. The fraction of sp³-hybridized carbons (Fsp3) is 0.333. The summed E-state index contributed by atoms with van der Waals surface area (Å²) < 4.78 is 13.6. The summed E-state index contributed by atoms with van der Waals surface area (Å²) in [5.74, 6) is 1.47. The minimum Gasteiger partial charge on any atom is -0.494 e. The molecule has 1 N–H and O–H groups in total. The van der Waals surface area contributed by atoms with E-state index in [4.69, 9.17) is 9.47 Å². The molecule has 1 saturated heterocycles. The number of nitrogens with one attached hydrogen (secondary N) is 1. The van der Waals surface area contributed by atoms with E-state index in [9.17, 15) is 4.79 Å². The van der Waals surface area contributed by atoms with Gasteiger partial charge < -0.3 is 24.3 Å². The predicted molar refractivity (Wildman–Crippen MR) is 118 cm³/mol. The van der Waals surface area contributed by atoms with E-state index >= 15 is 0 Å². The maximum absolute atomic E-state index is 12.7. The zero-order valence-corrected chi connectivity index (χ0v) is 17.6. The molecule has 4 heterocycles. The van der Waals surface area contributed by atoms with E-state index in [1.165, 1.54) is 5.69 Å². The number of pyridine rings is 1. The number of benzene rings is 1. The SMILES string of the molecule is CCOc1ccc2c(c1)NC1(CCN(C(=O)COc3cccnc3)CC1)c1cccn1-2. The fourth-order valence-electron chi connectivity index (χ4n) is 4.57. The second-order valence-corrected chi connectivity index (χ2v) is 7.94. The largest absolute Gasteiger partial charge is 0.494 e. The van der Waals surface area contributed by atoms with Crippen LogP contribution in [0.1, 0.15) is 25.5 Å². The van der Waals surface area contributed by atoms with E-state index in [1.54, 1.807) is 24.5 Å². The molecular formula is C24H26N4O3. The molecule has 2 aliphatic rings. The highest BCUT2D eigenvalue weighted by Crippen LogP contribution is 2.44. The average Bonchev–Trinajstić information content (AvgIpc) is 3.30. The molecule has 0 aliphatic carbocycles. The van der Waals surface area contributed by atoms with Crippen molar-refractivity contribution >= 4 is 11.6 Å². The number of ether oxygens (including phenoxy) is 2. The van der Waals surface area contributed by atoms with Crippen LogP contribution in [0.2, 0.25) is 0 Å². The van der Waals surface area contributed by atoms with Crippen molar-refractivity contribution < 1.29 is 14.3 Å². The predicted octanol–water partition coefficient (Wildman–Crippen LogP) is 3.59. The van der Waals surface area contributed by atoms with E-state index in [0.29, 0.717) is 25.4 Å². The lowest BCUT2D eigenvalue weighted by Crippen LogP contribution is -2.51. The molecule has 2 aromatic heterocycles. The molecular weight excluding hydrogens is 392 g/mol. The number of carbonyl (C=O) groups excluding carboxylic acids is 1. The smallest absolute Gasteiger partial charge is 0.260 e. The molecule has 1 spiro atoms. The number of piperidine rings is 1. The first-order valence-corrected chi connectivity index (χ1v) is 10.7. The van der Waals surface area contributed by atoms with Gasteiger partial charge in [-0.25, -0.2) is 0 Å². The van der Waals surface area contributed by atoms with Crippen molar-refractivity contribution in [2.24, 2.45) is 0 Å². The molecule has 5 rings (SSSR count). The van der Waals surface area contributed by atoms with Gasteiger partial charge in [-0.2, -0.15) is 0 Å². The third-order valence-corrected chi connectivity index (χ3v) is 6.12. The molecule has 0 atom stereocenters. The highest BCUT2D eigenvalue weighted by atomic mass is 16.5. The maximum Gasteiger partial charge on any atom is 0.260 e. The van der Waals surface area contributed by atoms with Crippen molar-refractivity contribution in [2.75, 3.05) is 31.6 Å². The van der Waals surface area contributed by atoms with Crippen molar-refractivity contribution in [3.63, 3.8) is 0 Å². The number of hydrogen-bond acceptors (Lipinski definition) is 5. The van der Waals surface area contributed by atoms with Crippen molar-refractivity contribution in [1.82, 2.24) is 14.5 Å². The monoisotopic (exact) mass is 418 g/mol. The molecule has 1 amide bonds. The van der Waals surface area contributed by atoms with Crippen LogP contribution < -0.4 is 14.8 Å². The second kappa shape index (κ2) is 7.98. The Kier molecular flexibility index (Phi) is 5.02. The van der Waals surface area contributed by atoms with Gasteiger partial charge in [0.2, 0.25) is 0 Å². The number of rotatable bonds is 5. The lowest BCUT2D eigenvalue weighted by atomic mass is 9.82. The van der Waals surface area contributed by atoms with Crippen LogP contribution in [0.3, 0.4) is 0 Å². The van der Waals surface area contributed by atoms with Crippen LogP contribution in [0.15, 0.2) is 61.1 Å². The van der Waals surface area contributed by atoms with Crippen LogP contribution >= 0.6 is 0 Å². The summed E-state index contributed by atoms with van der Waals surface area (Å²) in [6.07, 6.45) is 7.06. The molecule has 1 aromatic carbocycles. The lowest BCUT2D eigenvalue weighted by Gasteiger charge is -2.46. The standard InChI is InChI=1S/C24H26N4O3/c1-2-30-18-7-8-21-20(15-18)26-24(22-6-4-12-28(21)22)9-13-27(14-10-24)23(29)17-31-19-5-3-11-25-16-19/h3-8,11-12,15-16,26H,2,9-10,13-14,17H2,1H3. The van der Waals surface area contributed by atoms with Gasteiger partial charge in [-0.15, -0.1) is 0 Å². The molecule has 1 fully saturated rings. The van der Waals surface area contributed by atoms with Crippen molar-refractivity contribution in [1.29, 1.82) is 0 Å². The lowest BCUT2D eigenvalue weighted by molar-refractivity contribution is -0.134. The molecule has 0 bridgehead atoms. The summed E-state index contributed by atoms with van der Waals surface area (Å²) in [6, 6.07) is 14.0. The molecule has 0 unspecified atom stereocenters. The zero-order chi connectivity index (χ0) is 21.3. The highest BCUT2D eigenvalue weighted by Gasteiger charge is 2.42. The Morgan fingerprint density at radius 3 is 2.77 bits per heavy atom. The van der Waals surface area contributed by atoms with E-state index in [-0.39, 0.29) is 18.1 Å². The van der Waals surface area contributed by atoms with E-state index in [2.05, 4.69) is 45.3 Å². The average molecular weight is 418 g/mol. The topological polar surface area (TPSA) is 68.6 Å². The highest BCUT2D eigenvalue weighted by molar-refractivity contribution is 5.78. The summed E-state index contributed by atoms with van der Waals surface area (Å²) in [4.78, 5) is 18.6. The molecule has 7 nitrogen and oxygen atoms in total. The molecule has 2 aliphatic heterocycles. The van der Waals surface area contributed by atoms with E-state index < -0.39 is 0 Å². The molecule has 0 radical (unpaired) electrons. The van der Waals surface area contributed by atoms with Crippen molar-refractivity contribution in [3.8, 4) is 17.2 Å². The molecule has 160 valence electrons. The van der Waals surface area contributed by atoms with Gasteiger partial charge >= 0.3 is 0 Å². The van der Waals surface area contributed by atoms with Crippen molar-refractivity contribution in [2.45, 2.75) is 25.3 Å². The number of likely N-dealkylation sites (tertiary alicyclic amines) is 1. The van der Waals surface area contributed by atoms with Gasteiger partial charge in [-0.3, -0.25) is 9.78 Å². The number of fused-ring (bicyclic) bond motifs is 4. The second-order valence-electron chi connectivity index (χ2n) is 7.94. The first-order valence-electron chi connectivity index (χ1n) is 10.7. The Morgan fingerprint density at radius 2 is 2.00 bits per heavy atom. The Morgan fingerprint density at radius 1 is 1.13 bits per heavy atom. The van der Waals surface area contributed by atoms with E-state index in [1.807, 2.05) is 17.9 Å². The summed E-state index contributed by atoms with van der Waals surface area (Å²) in [7, 11) is 0. The third kappa shape index (κ3) is 3.60. The molecule has 0 saturated carbocycles. The first-order chi connectivity index (χ1) is 15.2. The third-order valence-electron chi connectivity index (χ3n) is 6.12. The molecule has 3 aromatic rings. The van der Waals surface area contributed by atoms with Crippen LogP contribution in [0.4, 0.5) is 5.69 Å². The summed E-state index contributed by atoms with van der Waals surface area (Å²) in [5.41, 5.74) is 3.22. The van der Waals surface area contributed by atoms with E-state index in [0.717, 1.165) is 30.0 Å². The summed E-state index contributed by atoms with van der Waals surface area (Å²) in [5, 5.41) is 3.79. The van der Waals surface area contributed by atoms with Gasteiger partial charge in [0.15, 0.2) is 6.61 Å². The number of amides is 1. The van der Waals surface area contributed by atoms with Gasteiger partial charge in [-0.05, 0) is 56.2 Å². The Hall–Kier alpha value is -3.48. The molecule has 7 heteroatoms. The molecule has 31 heavy (non-hydrogen) atoms. The quantitative estimate of drug-likeness (QED) is 0.686. The van der Waals surface area contributed by atoms with Crippen LogP contribution in [-0.2, 0) is 10.3 Å². The normalized spacial score (nSPS) is 16.2. The van der Waals surface area contributed by atoms with Crippen LogP contribution in [0.5, 0.6) is 11.5 Å². The van der Waals surface area contributed by atoms with Crippen LogP contribution in [-0.4, -0.2) is 46.7 Å². The van der Waals surface area contributed by atoms with Gasteiger partial charge in [-0.1, -0.05) is 0 Å². The Bertz CT molecular complexity index is 1070. The number of carbonyl (C=O) groups is 1. The number of anilines is 1. The number of nitrogens with zero attached hydrogens (tertiary/aromatic N) is 3. The van der Waals surface area contributed by atoms with Gasteiger partial charge in [0.1, 0.15) is 11.5 Å².